The summed E-state index contributed by atoms with van der Waals surface area (Å²) in [6.45, 7) is 6.41. The van der Waals surface area contributed by atoms with Crippen LogP contribution in [0.15, 0.2) is 24.3 Å². The Morgan fingerprint density at radius 2 is 2.12 bits per heavy atom. The van der Waals surface area contributed by atoms with Gasteiger partial charge in [-0.3, -0.25) is 9.63 Å². The van der Waals surface area contributed by atoms with Crippen molar-refractivity contribution in [3.8, 4) is 0 Å². The summed E-state index contributed by atoms with van der Waals surface area (Å²) in [4.78, 5) is 16.3. The van der Waals surface area contributed by atoms with Crippen LogP contribution in [0, 0.1) is 0 Å². The van der Waals surface area contributed by atoms with Gasteiger partial charge in [0.05, 0.1) is 5.60 Å². The first-order valence-electron chi connectivity index (χ1n) is 5.18. The molecule has 1 aromatic carbocycles. The van der Waals surface area contributed by atoms with Crippen molar-refractivity contribution in [3.63, 3.8) is 0 Å². The van der Waals surface area contributed by atoms with E-state index in [0.717, 1.165) is 5.56 Å². The zero-order chi connectivity index (χ0) is 12.2. The van der Waals surface area contributed by atoms with Crippen molar-refractivity contribution < 1.29 is 9.63 Å². The third kappa shape index (κ3) is 4.42. The highest BCUT2D eigenvalue weighted by atomic mass is 16.7. The first kappa shape index (κ1) is 12.7. The molecule has 16 heavy (non-hydrogen) atoms. The molecule has 0 saturated carbocycles. The minimum Gasteiger partial charge on any atom is -0.366 e. The summed E-state index contributed by atoms with van der Waals surface area (Å²) in [5, 5.41) is 0. The summed E-state index contributed by atoms with van der Waals surface area (Å²) in [6.07, 6.45) is 0. The number of carbonyl (C=O) groups is 1. The van der Waals surface area contributed by atoms with Gasteiger partial charge in [0.2, 0.25) is 5.91 Å². The number of hydrogen-bond acceptors (Lipinski definition) is 3. The van der Waals surface area contributed by atoms with Crippen LogP contribution < -0.4 is 11.2 Å². The molecule has 1 rings (SSSR count). The number of amides is 1. The van der Waals surface area contributed by atoms with Crippen molar-refractivity contribution in [3.05, 3.63) is 35.4 Å². The van der Waals surface area contributed by atoms with Crippen molar-refractivity contribution in [2.75, 3.05) is 0 Å². The molecular weight excluding hydrogens is 204 g/mol. The number of carbonyl (C=O) groups excluding carboxylic acids is 1. The average molecular weight is 222 g/mol. The maximum absolute atomic E-state index is 11.0. The largest absolute Gasteiger partial charge is 0.366 e. The van der Waals surface area contributed by atoms with E-state index in [0.29, 0.717) is 12.1 Å². The zero-order valence-corrected chi connectivity index (χ0v) is 9.91. The van der Waals surface area contributed by atoms with Gasteiger partial charge in [-0.2, -0.15) is 5.48 Å². The molecule has 88 valence electrons. The normalized spacial score (nSPS) is 11.4. The molecule has 4 nitrogen and oxygen atoms in total. The van der Waals surface area contributed by atoms with Crippen LogP contribution in [0.5, 0.6) is 0 Å². The summed E-state index contributed by atoms with van der Waals surface area (Å²) < 4.78 is 0. The van der Waals surface area contributed by atoms with E-state index >= 15 is 0 Å². The number of nitrogens with two attached hydrogens (primary N) is 1. The van der Waals surface area contributed by atoms with Crippen LogP contribution in [-0.4, -0.2) is 11.5 Å². The van der Waals surface area contributed by atoms with E-state index in [1.54, 1.807) is 18.2 Å². The number of benzene rings is 1. The number of primary amides is 1. The molecule has 0 bridgehead atoms. The average Bonchev–Trinajstić information content (AvgIpc) is 2.16. The maximum atomic E-state index is 11.0. The van der Waals surface area contributed by atoms with Crippen molar-refractivity contribution in [2.45, 2.75) is 32.9 Å². The Bertz CT molecular complexity index is 370. The lowest BCUT2D eigenvalue weighted by Gasteiger charge is -2.19. The summed E-state index contributed by atoms with van der Waals surface area (Å²) in [5.74, 6) is -0.418. The van der Waals surface area contributed by atoms with E-state index in [-0.39, 0.29) is 5.60 Å². The van der Waals surface area contributed by atoms with Gasteiger partial charge in [-0.15, -0.1) is 0 Å². The molecule has 0 aliphatic rings. The van der Waals surface area contributed by atoms with Gasteiger partial charge >= 0.3 is 0 Å². The molecule has 0 aliphatic heterocycles. The van der Waals surface area contributed by atoms with E-state index < -0.39 is 5.91 Å². The molecule has 0 heterocycles. The van der Waals surface area contributed by atoms with Crippen molar-refractivity contribution in [1.29, 1.82) is 0 Å². The standard InChI is InChI=1S/C12H18N2O2/c1-12(2,3)16-14-8-9-5-4-6-10(7-9)11(13)15/h4-7,14H,8H2,1-3H3,(H2,13,15). The second-order valence-corrected chi connectivity index (χ2v) is 4.60. The predicted octanol–water partition coefficient (Wildman–Crippen LogP) is 1.61. The topological polar surface area (TPSA) is 64.3 Å². The fraction of sp³-hybridized carbons (Fsp3) is 0.417. The Balaban J connectivity index is 2.55. The second kappa shape index (κ2) is 5.09. The monoisotopic (exact) mass is 222 g/mol. The zero-order valence-electron chi connectivity index (χ0n) is 9.91. The van der Waals surface area contributed by atoms with E-state index in [1.807, 2.05) is 26.8 Å². The summed E-state index contributed by atoms with van der Waals surface area (Å²) in [6, 6.07) is 7.15. The SMILES string of the molecule is CC(C)(C)ONCc1cccc(C(N)=O)c1. The first-order valence-corrected chi connectivity index (χ1v) is 5.18. The molecule has 0 spiro atoms. The Labute approximate surface area is 95.7 Å². The molecule has 1 amide bonds. The van der Waals surface area contributed by atoms with Gasteiger partial charge in [0.1, 0.15) is 0 Å². The van der Waals surface area contributed by atoms with Gasteiger partial charge in [-0.1, -0.05) is 12.1 Å². The molecule has 0 aromatic heterocycles. The lowest BCUT2D eigenvalue weighted by atomic mass is 10.1. The van der Waals surface area contributed by atoms with Gasteiger partial charge in [-0.05, 0) is 38.5 Å². The smallest absolute Gasteiger partial charge is 0.248 e. The fourth-order valence-corrected chi connectivity index (χ4v) is 1.17. The van der Waals surface area contributed by atoms with E-state index in [4.69, 9.17) is 10.6 Å². The fourth-order valence-electron chi connectivity index (χ4n) is 1.17. The highest BCUT2D eigenvalue weighted by molar-refractivity contribution is 5.92. The van der Waals surface area contributed by atoms with Crippen LogP contribution in [0.4, 0.5) is 0 Å². The minimum absolute atomic E-state index is 0.235. The quantitative estimate of drug-likeness (QED) is 0.761. The van der Waals surface area contributed by atoms with Gasteiger partial charge in [-0.25, -0.2) is 0 Å². The van der Waals surface area contributed by atoms with Crippen LogP contribution in [0.3, 0.4) is 0 Å². The van der Waals surface area contributed by atoms with E-state index in [2.05, 4.69) is 5.48 Å². The Morgan fingerprint density at radius 3 is 2.69 bits per heavy atom. The molecule has 0 aliphatic carbocycles. The third-order valence-corrected chi connectivity index (χ3v) is 1.87. The number of hydrogen-bond donors (Lipinski definition) is 2. The van der Waals surface area contributed by atoms with Crippen LogP contribution in [0.1, 0.15) is 36.7 Å². The summed E-state index contributed by atoms with van der Waals surface area (Å²) in [7, 11) is 0. The number of hydroxylamine groups is 1. The van der Waals surface area contributed by atoms with E-state index in [1.165, 1.54) is 0 Å². The van der Waals surface area contributed by atoms with Crippen LogP contribution in [-0.2, 0) is 11.4 Å². The Hall–Kier alpha value is -1.39. The van der Waals surface area contributed by atoms with Crippen LogP contribution in [0.2, 0.25) is 0 Å². The molecule has 3 N–H and O–H groups in total. The van der Waals surface area contributed by atoms with Crippen molar-refractivity contribution in [1.82, 2.24) is 5.48 Å². The van der Waals surface area contributed by atoms with Crippen molar-refractivity contribution >= 4 is 5.91 Å². The third-order valence-electron chi connectivity index (χ3n) is 1.87. The first-order chi connectivity index (χ1) is 7.38. The molecule has 1 aromatic rings. The number of nitrogens with one attached hydrogen (secondary N) is 1. The molecule has 0 fully saturated rings. The highest BCUT2D eigenvalue weighted by Crippen LogP contribution is 2.07. The molecule has 4 heteroatoms. The van der Waals surface area contributed by atoms with E-state index in [9.17, 15) is 4.79 Å². The lowest BCUT2D eigenvalue weighted by molar-refractivity contribution is -0.0757. The molecule has 0 saturated heterocycles. The molecular formula is C12H18N2O2. The summed E-state index contributed by atoms with van der Waals surface area (Å²) in [5.41, 5.74) is 9.28. The molecule has 0 radical (unpaired) electrons. The molecule has 0 unspecified atom stereocenters. The van der Waals surface area contributed by atoms with Gasteiger partial charge in [0.25, 0.3) is 0 Å². The molecule has 0 atom stereocenters. The Morgan fingerprint density at radius 1 is 1.44 bits per heavy atom. The summed E-state index contributed by atoms with van der Waals surface area (Å²) >= 11 is 0. The second-order valence-electron chi connectivity index (χ2n) is 4.60. The minimum atomic E-state index is -0.418. The van der Waals surface area contributed by atoms with Crippen LogP contribution in [0.25, 0.3) is 0 Å². The van der Waals surface area contributed by atoms with Crippen molar-refractivity contribution in [2.24, 2.45) is 5.73 Å². The van der Waals surface area contributed by atoms with Gasteiger partial charge in [0, 0.05) is 12.1 Å². The maximum Gasteiger partial charge on any atom is 0.248 e. The highest BCUT2D eigenvalue weighted by Gasteiger charge is 2.09. The van der Waals surface area contributed by atoms with Gasteiger partial charge < -0.3 is 5.73 Å². The number of rotatable bonds is 4. The van der Waals surface area contributed by atoms with Gasteiger partial charge in [0.15, 0.2) is 0 Å². The predicted molar refractivity (Wildman–Crippen MR) is 62.6 cm³/mol. The lowest BCUT2D eigenvalue weighted by Crippen LogP contribution is -2.28. The van der Waals surface area contributed by atoms with Crippen LogP contribution >= 0.6 is 0 Å². The Kier molecular flexibility index (Phi) is 4.04.